The highest BCUT2D eigenvalue weighted by Gasteiger charge is 2.24. The van der Waals surface area contributed by atoms with Crippen molar-refractivity contribution in [1.82, 2.24) is 0 Å². The SMILES string of the molecule is CCC1CCN(c2cc3c(cc2N)NC(=O)CC3)C1. The second kappa shape index (κ2) is 4.76. The van der Waals surface area contributed by atoms with Crippen molar-refractivity contribution in [1.29, 1.82) is 0 Å². The number of carbonyl (C=O) groups is 1. The van der Waals surface area contributed by atoms with Crippen molar-refractivity contribution < 1.29 is 4.79 Å². The van der Waals surface area contributed by atoms with Crippen LogP contribution in [0.2, 0.25) is 0 Å². The van der Waals surface area contributed by atoms with Crippen LogP contribution >= 0.6 is 0 Å². The van der Waals surface area contributed by atoms with E-state index in [1.165, 1.54) is 18.4 Å². The lowest BCUT2D eigenvalue weighted by atomic mass is 10.0. The fourth-order valence-electron chi connectivity index (χ4n) is 3.09. The number of carbonyl (C=O) groups excluding carboxylic acids is 1. The van der Waals surface area contributed by atoms with Gasteiger partial charge in [-0.3, -0.25) is 4.79 Å². The van der Waals surface area contributed by atoms with E-state index in [0.29, 0.717) is 6.42 Å². The first kappa shape index (κ1) is 12.3. The van der Waals surface area contributed by atoms with E-state index in [2.05, 4.69) is 23.2 Å². The highest BCUT2D eigenvalue weighted by molar-refractivity contribution is 5.95. The van der Waals surface area contributed by atoms with Gasteiger partial charge in [0.1, 0.15) is 0 Å². The Morgan fingerprint density at radius 3 is 3.00 bits per heavy atom. The van der Waals surface area contributed by atoms with E-state index in [-0.39, 0.29) is 5.91 Å². The van der Waals surface area contributed by atoms with Gasteiger partial charge in [0.05, 0.1) is 11.4 Å². The van der Waals surface area contributed by atoms with E-state index in [9.17, 15) is 4.79 Å². The number of benzene rings is 1. The monoisotopic (exact) mass is 259 g/mol. The average Bonchev–Trinajstić information content (AvgIpc) is 2.86. The second-order valence-corrected chi connectivity index (χ2v) is 5.63. The Balaban J connectivity index is 1.89. The molecule has 1 aromatic rings. The van der Waals surface area contributed by atoms with E-state index in [1.54, 1.807) is 0 Å². The molecule has 2 heterocycles. The lowest BCUT2D eigenvalue weighted by Crippen LogP contribution is -2.23. The first-order valence-electron chi connectivity index (χ1n) is 7.14. The second-order valence-electron chi connectivity index (χ2n) is 5.63. The molecule has 19 heavy (non-hydrogen) atoms. The van der Waals surface area contributed by atoms with Crippen LogP contribution < -0.4 is 16.0 Å². The molecule has 0 aliphatic carbocycles. The summed E-state index contributed by atoms with van der Waals surface area (Å²) in [4.78, 5) is 13.8. The normalized spacial score (nSPS) is 22.3. The van der Waals surface area contributed by atoms with E-state index in [0.717, 1.165) is 42.5 Å². The van der Waals surface area contributed by atoms with Crippen LogP contribution in [0.3, 0.4) is 0 Å². The fraction of sp³-hybridized carbons (Fsp3) is 0.533. The summed E-state index contributed by atoms with van der Waals surface area (Å²) in [5, 5.41) is 2.90. The summed E-state index contributed by atoms with van der Waals surface area (Å²) in [6, 6.07) is 4.09. The van der Waals surface area contributed by atoms with Crippen molar-refractivity contribution in [2.45, 2.75) is 32.6 Å². The highest BCUT2D eigenvalue weighted by atomic mass is 16.1. The topological polar surface area (TPSA) is 58.4 Å². The summed E-state index contributed by atoms with van der Waals surface area (Å²) in [6.07, 6.45) is 3.88. The van der Waals surface area contributed by atoms with Crippen LogP contribution in [-0.4, -0.2) is 19.0 Å². The molecule has 1 fully saturated rings. The highest BCUT2D eigenvalue weighted by Crippen LogP contribution is 2.35. The molecule has 1 saturated heterocycles. The first-order chi connectivity index (χ1) is 9.17. The van der Waals surface area contributed by atoms with Crippen molar-refractivity contribution in [2.75, 3.05) is 29.0 Å². The van der Waals surface area contributed by atoms with Gasteiger partial charge in [0.2, 0.25) is 5.91 Å². The minimum atomic E-state index is 0.0897. The Labute approximate surface area is 114 Å². The van der Waals surface area contributed by atoms with E-state index >= 15 is 0 Å². The van der Waals surface area contributed by atoms with Gasteiger partial charge in [-0.05, 0) is 36.5 Å². The molecule has 4 heteroatoms. The number of fused-ring (bicyclic) bond motifs is 1. The predicted octanol–water partition coefficient (Wildman–Crippen LogP) is 2.39. The molecular formula is C15H21N3O. The standard InChI is InChI=1S/C15H21N3O/c1-2-10-5-6-18(9-10)14-7-11-3-4-15(19)17-13(11)8-12(14)16/h7-8,10H,2-6,9,16H2,1H3,(H,17,19). The van der Waals surface area contributed by atoms with Gasteiger partial charge < -0.3 is 16.0 Å². The minimum Gasteiger partial charge on any atom is -0.397 e. The number of hydrogen-bond donors (Lipinski definition) is 2. The van der Waals surface area contributed by atoms with Crippen LogP contribution in [0.5, 0.6) is 0 Å². The molecule has 0 saturated carbocycles. The molecule has 1 aromatic carbocycles. The maximum Gasteiger partial charge on any atom is 0.224 e. The molecule has 0 bridgehead atoms. The van der Waals surface area contributed by atoms with Crippen molar-refractivity contribution >= 4 is 23.0 Å². The van der Waals surface area contributed by atoms with Crippen LogP contribution in [0, 0.1) is 5.92 Å². The molecular weight excluding hydrogens is 238 g/mol. The fourth-order valence-corrected chi connectivity index (χ4v) is 3.09. The molecule has 3 N–H and O–H groups in total. The zero-order valence-electron chi connectivity index (χ0n) is 11.4. The minimum absolute atomic E-state index is 0.0897. The molecule has 102 valence electrons. The molecule has 0 aromatic heterocycles. The Bertz CT molecular complexity index is 512. The van der Waals surface area contributed by atoms with Gasteiger partial charge in [-0.1, -0.05) is 13.3 Å². The van der Waals surface area contributed by atoms with Crippen LogP contribution in [0.25, 0.3) is 0 Å². The van der Waals surface area contributed by atoms with Crippen molar-refractivity contribution in [2.24, 2.45) is 5.92 Å². The maximum absolute atomic E-state index is 11.4. The van der Waals surface area contributed by atoms with Crippen LogP contribution in [-0.2, 0) is 11.2 Å². The number of hydrogen-bond acceptors (Lipinski definition) is 3. The third-order valence-electron chi connectivity index (χ3n) is 4.35. The predicted molar refractivity (Wildman–Crippen MR) is 78.4 cm³/mol. The summed E-state index contributed by atoms with van der Waals surface area (Å²) in [5.41, 5.74) is 10.2. The van der Waals surface area contributed by atoms with Crippen molar-refractivity contribution in [3.8, 4) is 0 Å². The molecule has 4 nitrogen and oxygen atoms in total. The number of amides is 1. The summed E-state index contributed by atoms with van der Waals surface area (Å²) in [7, 11) is 0. The molecule has 3 rings (SSSR count). The lowest BCUT2D eigenvalue weighted by molar-refractivity contribution is -0.116. The van der Waals surface area contributed by atoms with Gasteiger partial charge in [-0.15, -0.1) is 0 Å². The summed E-state index contributed by atoms with van der Waals surface area (Å²) in [6.45, 7) is 4.44. The van der Waals surface area contributed by atoms with Crippen molar-refractivity contribution in [3.63, 3.8) is 0 Å². The quantitative estimate of drug-likeness (QED) is 0.802. The molecule has 1 amide bonds. The molecule has 0 spiro atoms. The van der Waals surface area contributed by atoms with Gasteiger partial charge in [-0.25, -0.2) is 0 Å². The molecule has 1 unspecified atom stereocenters. The van der Waals surface area contributed by atoms with Crippen LogP contribution in [0.15, 0.2) is 12.1 Å². The van der Waals surface area contributed by atoms with E-state index in [1.807, 2.05) is 6.07 Å². The summed E-state index contributed by atoms with van der Waals surface area (Å²) in [5.74, 6) is 0.877. The number of anilines is 3. The van der Waals surface area contributed by atoms with Gasteiger partial charge in [0.15, 0.2) is 0 Å². The van der Waals surface area contributed by atoms with Gasteiger partial charge in [-0.2, -0.15) is 0 Å². The molecule has 2 aliphatic heterocycles. The number of rotatable bonds is 2. The Kier molecular flexibility index (Phi) is 3.09. The third kappa shape index (κ3) is 2.27. The zero-order valence-corrected chi connectivity index (χ0v) is 11.4. The van der Waals surface area contributed by atoms with E-state index in [4.69, 9.17) is 5.73 Å². The van der Waals surface area contributed by atoms with Crippen molar-refractivity contribution in [3.05, 3.63) is 17.7 Å². The molecule has 1 atom stereocenters. The number of nitrogens with two attached hydrogens (primary N) is 1. The average molecular weight is 259 g/mol. The molecule has 2 aliphatic rings. The summed E-state index contributed by atoms with van der Waals surface area (Å²) >= 11 is 0. The first-order valence-corrected chi connectivity index (χ1v) is 7.14. The summed E-state index contributed by atoms with van der Waals surface area (Å²) < 4.78 is 0. The number of aryl methyl sites for hydroxylation is 1. The largest absolute Gasteiger partial charge is 0.397 e. The lowest BCUT2D eigenvalue weighted by Gasteiger charge is -2.25. The van der Waals surface area contributed by atoms with Gasteiger partial charge in [0, 0.05) is 25.2 Å². The van der Waals surface area contributed by atoms with Gasteiger partial charge in [0.25, 0.3) is 0 Å². The van der Waals surface area contributed by atoms with Gasteiger partial charge >= 0.3 is 0 Å². The van der Waals surface area contributed by atoms with Crippen LogP contribution in [0.4, 0.5) is 17.1 Å². The molecule has 0 radical (unpaired) electrons. The third-order valence-corrected chi connectivity index (χ3v) is 4.35. The smallest absolute Gasteiger partial charge is 0.224 e. The Morgan fingerprint density at radius 2 is 2.26 bits per heavy atom. The Morgan fingerprint density at radius 1 is 1.42 bits per heavy atom. The number of nitrogens with zero attached hydrogens (tertiary/aromatic N) is 1. The number of nitrogens with one attached hydrogen (secondary N) is 1. The van der Waals surface area contributed by atoms with E-state index < -0.39 is 0 Å². The maximum atomic E-state index is 11.4. The Hall–Kier alpha value is -1.71. The van der Waals surface area contributed by atoms with Crippen LogP contribution in [0.1, 0.15) is 31.7 Å². The zero-order chi connectivity index (χ0) is 13.4. The number of nitrogen functional groups attached to an aromatic ring is 1.